The van der Waals surface area contributed by atoms with Gasteiger partial charge in [-0.05, 0) is 0 Å². The van der Waals surface area contributed by atoms with Crippen molar-refractivity contribution in [3.8, 4) is 0 Å². The predicted molar refractivity (Wildman–Crippen MR) is 78.0 cm³/mol. The molecule has 0 rings (SSSR count). The second-order valence-electron chi connectivity index (χ2n) is 7.91. The summed E-state index contributed by atoms with van der Waals surface area (Å²) in [5.74, 6) is 0. The molecule has 0 aliphatic rings. The molecule has 0 atom stereocenters. The second-order valence-corrected chi connectivity index (χ2v) is 40.6. The van der Waals surface area contributed by atoms with E-state index in [4.69, 9.17) is 3.24 Å². The molecule has 19 heavy (non-hydrogen) atoms. The molecule has 0 unspecified atom stereocenters. The Morgan fingerprint density at radius 3 is 0.842 bits per heavy atom. The first kappa shape index (κ1) is 19.3. The van der Waals surface area contributed by atoms with E-state index in [0.29, 0.717) is 0 Å². The Bertz CT molecular complexity index is 471. The van der Waals surface area contributed by atoms with Crippen molar-refractivity contribution < 1.29 is 23.3 Å². The summed E-state index contributed by atoms with van der Waals surface area (Å²) in [4.78, 5) is 0. The van der Waals surface area contributed by atoms with Gasteiger partial charge in [-0.3, -0.25) is 0 Å². The first-order chi connectivity index (χ1) is 8.08. The van der Waals surface area contributed by atoms with Gasteiger partial charge in [0.05, 0.1) is 0 Å². The first-order valence-electron chi connectivity index (χ1n) is 7.59. The Morgan fingerprint density at radius 1 is 0.579 bits per heavy atom. The zero-order valence-corrected chi connectivity index (χ0v) is 17.8. The van der Waals surface area contributed by atoms with E-state index in [1.807, 2.05) is 13.8 Å². The molecule has 0 aromatic carbocycles. The normalized spacial score (nSPS) is 19.8. The predicted octanol–water partition coefficient (Wildman–Crippen LogP) is 6.09. The van der Waals surface area contributed by atoms with Gasteiger partial charge < -0.3 is 0 Å². The van der Waals surface area contributed by atoms with Crippen LogP contribution in [0.1, 0.15) is 69.2 Å². The van der Waals surface area contributed by atoms with Crippen LogP contribution < -0.4 is 0 Å². The van der Waals surface area contributed by atoms with Gasteiger partial charge >= 0.3 is 115 Å². The quantitative estimate of drug-likeness (QED) is 0.498. The fourth-order valence-electron chi connectivity index (χ4n) is 4.72. The van der Waals surface area contributed by atoms with Gasteiger partial charge in [-0.15, -0.1) is 0 Å². The molecule has 0 saturated carbocycles. The molecule has 0 spiro atoms. The van der Waals surface area contributed by atoms with E-state index < -0.39 is 30.1 Å². The molecule has 0 amide bonds. The number of hydrogen-bond acceptors (Lipinski definition) is 3. The molecule has 3 nitrogen and oxygen atoms in total. The summed E-state index contributed by atoms with van der Waals surface area (Å²) in [6.45, 7) is 18.0. The molecular formula is C15H35O3Ta. The third kappa shape index (κ3) is 1.53. The van der Waals surface area contributed by atoms with E-state index >= 15 is 0 Å². The maximum atomic E-state index is 14.9. The Kier molecular flexibility index (Phi) is 4.00. The Hall–Kier alpha value is 0.300. The Morgan fingerprint density at radius 2 is 0.789 bits per heavy atom. The van der Waals surface area contributed by atoms with Gasteiger partial charge in [0.25, 0.3) is 0 Å². The van der Waals surface area contributed by atoms with Crippen LogP contribution in [0.15, 0.2) is 0 Å². The van der Waals surface area contributed by atoms with Crippen molar-refractivity contribution in [1.29, 1.82) is 0 Å². The van der Waals surface area contributed by atoms with Gasteiger partial charge in [0.2, 0.25) is 0 Å². The molecule has 0 N–H and O–H groups in total. The van der Waals surface area contributed by atoms with Gasteiger partial charge in [-0.1, -0.05) is 0 Å². The van der Waals surface area contributed by atoms with Gasteiger partial charge in [-0.2, -0.15) is 0 Å². The van der Waals surface area contributed by atoms with E-state index in [9.17, 15) is 6.50 Å². The van der Waals surface area contributed by atoms with E-state index in [1.165, 1.54) is 0 Å². The van der Waals surface area contributed by atoms with Crippen LogP contribution >= 0.6 is 0 Å². The summed E-state index contributed by atoms with van der Waals surface area (Å²) in [5.41, 5.74) is 0. The Labute approximate surface area is 115 Å². The topological polar surface area (TPSA) is 43.4 Å². The van der Waals surface area contributed by atoms with Crippen molar-refractivity contribution in [2.24, 2.45) is 0 Å². The molecule has 0 aliphatic carbocycles. The zero-order valence-electron chi connectivity index (χ0n) is 14.6. The van der Waals surface area contributed by atoms with E-state index in [2.05, 4.69) is 0 Å². The molecule has 0 bridgehead atoms. The SMILES string of the molecule is CC(C)[O][Ta](=[O])(=[O])([CH](C)C)([CH](C)C)([CH](C)C)[CH](C)C. The summed E-state index contributed by atoms with van der Waals surface area (Å²) in [7, 11) is 0. The molecule has 0 aliphatic heterocycles. The van der Waals surface area contributed by atoms with Crippen LogP contribution in [-0.4, -0.2) is 6.10 Å². The van der Waals surface area contributed by atoms with Crippen molar-refractivity contribution >= 4 is 0 Å². The van der Waals surface area contributed by atoms with Crippen LogP contribution in [0.3, 0.4) is 0 Å². The molecular weight excluding hydrogens is 409 g/mol. The molecule has 0 aromatic rings. The fourth-order valence-corrected chi connectivity index (χ4v) is 38.7. The summed E-state index contributed by atoms with van der Waals surface area (Å²) in [6, 6.07) is 0. The van der Waals surface area contributed by atoms with Crippen LogP contribution in [0.5, 0.6) is 0 Å². The fraction of sp³-hybridized carbons (Fsp3) is 1.00. The van der Waals surface area contributed by atoms with Crippen LogP contribution in [0.4, 0.5) is 0 Å². The van der Waals surface area contributed by atoms with Crippen molar-refractivity contribution in [3.63, 3.8) is 0 Å². The monoisotopic (exact) mass is 444 g/mol. The van der Waals surface area contributed by atoms with E-state index in [-0.39, 0.29) is 6.10 Å². The summed E-state index contributed by atoms with van der Waals surface area (Å²) in [5, 5.41) is 0. The third-order valence-corrected chi connectivity index (χ3v) is 54.4. The van der Waals surface area contributed by atoms with Crippen LogP contribution in [0.25, 0.3) is 0 Å². The molecule has 0 aromatic heterocycles. The van der Waals surface area contributed by atoms with Gasteiger partial charge in [0.1, 0.15) is 0 Å². The summed E-state index contributed by atoms with van der Waals surface area (Å²) < 4.78 is 33.7. The molecule has 0 saturated heterocycles. The summed E-state index contributed by atoms with van der Waals surface area (Å²) in [6.07, 6.45) is -0.340. The second kappa shape index (κ2) is 3.94. The van der Waals surface area contributed by atoms with Gasteiger partial charge in [0, 0.05) is 0 Å². The molecule has 0 heterocycles. The van der Waals surface area contributed by atoms with Gasteiger partial charge in [-0.25, -0.2) is 0 Å². The molecule has 0 radical (unpaired) electrons. The van der Waals surface area contributed by atoms with Crippen molar-refractivity contribution in [2.45, 2.75) is 91.9 Å². The van der Waals surface area contributed by atoms with Crippen LogP contribution in [0.2, 0.25) is 16.5 Å². The van der Waals surface area contributed by atoms with E-state index in [1.54, 1.807) is 55.4 Å². The standard InChI is InChI=1S/C3H7O.4C3H7.2O.Ta/c1-3(2)4;4*1-3-2;;;/h3H,1-2H3;4*3H,1-2H3;;;/q-1;;;;;;;+1. The maximum absolute atomic E-state index is 14.9. The number of rotatable bonds is 6. The zero-order chi connectivity index (χ0) is 16.0. The van der Waals surface area contributed by atoms with Gasteiger partial charge in [0.15, 0.2) is 0 Å². The first-order valence-corrected chi connectivity index (χ1v) is 18.9. The van der Waals surface area contributed by atoms with E-state index in [0.717, 1.165) is 0 Å². The minimum atomic E-state index is -7.02. The Balaban J connectivity index is 7.38. The minimum absolute atomic E-state index is 0.340. The average molecular weight is 444 g/mol. The summed E-state index contributed by atoms with van der Waals surface area (Å²) >= 11 is -7.02. The third-order valence-electron chi connectivity index (χ3n) is 6.65. The van der Waals surface area contributed by atoms with Crippen LogP contribution in [-0.2, 0) is 23.3 Å². The molecule has 4 heteroatoms. The van der Waals surface area contributed by atoms with Crippen molar-refractivity contribution in [3.05, 3.63) is 0 Å². The van der Waals surface area contributed by atoms with Crippen molar-refractivity contribution in [2.75, 3.05) is 0 Å². The molecule has 0 fully saturated rings. The average Bonchev–Trinajstić information content (AvgIpc) is 2.15. The van der Waals surface area contributed by atoms with Crippen molar-refractivity contribution in [1.82, 2.24) is 0 Å². The molecule has 118 valence electrons. The number of hydrogen-bond donors (Lipinski definition) is 0. The van der Waals surface area contributed by atoms with Crippen LogP contribution in [0, 0.1) is 0 Å².